The molecule has 1 aliphatic carbocycles. The Morgan fingerprint density at radius 3 is 2.85 bits per heavy atom. The summed E-state index contributed by atoms with van der Waals surface area (Å²) in [6, 6.07) is 11.2. The van der Waals surface area contributed by atoms with Gasteiger partial charge in [0, 0.05) is 22.7 Å². The molecule has 0 amide bonds. The van der Waals surface area contributed by atoms with E-state index in [9.17, 15) is 0 Å². The molecule has 0 radical (unpaired) electrons. The van der Waals surface area contributed by atoms with E-state index < -0.39 is 0 Å². The van der Waals surface area contributed by atoms with Gasteiger partial charge in [0.1, 0.15) is 5.76 Å². The summed E-state index contributed by atoms with van der Waals surface area (Å²) >= 11 is 3.59. The predicted octanol–water partition coefficient (Wildman–Crippen LogP) is 3.93. The number of anilines is 1. The summed E-state index contributed by atoms with van der Waals surface area (Å²) in [5, 5.41) is 3.25. The third kappa shape index (κ3) is 3.07. The molecule has 1 saturated carbocycles. The van der Waals surface area contributed by atoms with Gasteiger partial charge in [0.05, 0.1) is 12.8 Å². The fraction of sp³-hybridized carbons (Fsp3) is 0.375. The number of nitrogens with one attached hydrogen (secondary N) is 1. The second-order valence-electron chi connectivity index (χ2n) is 5.24. The van der Waals surface area contributed by atoms with Crippen LogP contribution in [0.1, 0.15) is 24.2 Å². The average Bonchev–Trinajstić information content (AvgIpc) is 3.15. The van der Waals surface area contributed by atoms with Gasteiger partial charge < -0.3 is 14.6 Å². The molecule has 3 rings (SSSR count). The first-order chi connectivity index (χ1) is 9.78. The van der Waals surface area contributed by atoms with Gasteiger partial charge in [-0.1, -0.05) is 22.0 Å². The summed E-state index contributed by atoms with van der Waals surface area (Å²) in [6.07, 6.45) is 4.29. The molecule has 106 valence electrons. The van der Waals surface area contributed by atoms with Crippen LogP contribution in [0.25, 0.3) is 0 Å². The van der Waals surface area contributed by atoms with Crippen LogP contribution in [0.3, 0.4) is 0 Å². The highest BCUT2D eigenvalue weighted by Gasteiger charge is 2.31. The monoisotopic (exact) mass is 334 g/mol. The number of benzene rings is 1. The Hall–Kier alpha value is -1.26. The number of halogens is 1. The van der Waals surface area contributed by atoms with E-state index in [1.165, 1.54) is 24.1 Å². The van der Waals surface area contributed by atoms with Gasteiger partial charge in [-0.2, -0.15) is 0 Å². The molecule has 1 aromatic heterocycles. The minimum Gasteiger partial charge on any atom is -0.467 e. The normalized spacial score (nSPS) is 14.5. The van der Waals surface area contributed by atoms with Gasteiger partial charge in [-0.05, 0) is 49.7 Å². The van der Waals surface area contributed by atoms with E-state index in [0.717, 1.165) is 23.3 Å². The van der Waals surface area contributed by atoms with Gasteiger partial charge in [0.15, 0.2) is 0 Å². The van der Waals surface area contributed by atoms with Crippen molar-refractivity contribution in [1.29, 1.82) is 0 Å². The van der Waals surface area contributed by atoms with Gasteiger partial charge in [0.2, 0.25) is 0 Å². The Bertz CT molecular complexity index is 564. The quantitative estimate of drug-likeness (QED) is 0.867. The van der Waals surface area contributed by atoms with E-state index in [-0.39, 0.29) is 0 Å². The maximum atomic E-state index is 5.52. The van der Waals surface area contributed by atoms with E-state index in [1.54, 1.807) is 6.26 Å². The van der Waals surface area contributed by atoms with Crippen LogP contribution in [0.15, 0.2) is 45.5 Å². The number of hydrogen-bond donors (Lipinski definition) is 1. The molecule has 3 nitrogen and oxygen atoms in total. The van der Waals surface area contributed by atoms with Crippen LogP contribution in [-0.2, 0) is 13.1 Å². The molecular formula is C16H19BrN2O. The summed E-state index contributed by atoms with van der Waals surface area (Å²) in [7, 11) is 1.99. The first kappa shape index (κ1) is 13.7. The third-order valence-corrected chi connectivity index (χ3v) is 4.11. The molecule has 1 heterocycles. The van der Waals surface area contributed by atoms with Crippen LogP contribution < -0.4 is 10.2 Å². The van der Waals surface area contributed by atoms with Crippen molar-refractivity contribution in [2.75, 3.05) is 11.9 Å². The Morgan fingerprint density at radius 1 is 1.35 bits per heavy atom. The van der Waals surface area contributed by atoms with Crippen LogP contribution in [0.2, 0.25) is 0 Å². The minimum absolute atomic E-state index is 0.644. The zero-order chi connectivity index (χ0) is 13.9. The topological polar surface area (TPSA) is 28.4 Å². The lowest BCUT2D eigenvalue weighted by molar-refractivity contribution is 0.501. The summed E-state index contributed by atoms with van der Waals surface area (Å²) in [5.41, 5.74) is 2.63. The van der Waals surface area contributed by atoms with Crippen LogP contribution in [0.4, 0.5) is 5.69 Å². The van der Waals surface area contributed by atoms with Crippen LogP contribution in [0.5, 0.6) is 0 Å². The molecule has 0 bridgehead atoms. The Morgan fingerprint density at radius 2 is 2.20 bits per heavy atom. The molecule has 0 spiro atoms. The lowest BCUT2D eigenvalue weighted by Gasteiger charge is -2.26. The zero-order valence-corrected chi connectivity index (χ0v) is 13.2. The summed E-state index contributed by atoms with van der Waals surface area (Å²) < 4.78 is 6.65. The smallest absolute Gasteiger partial charge is 0.123 e. The van der Waals surface area contributed by atoms with Crippen LogP contribution >= 0.6 is 15.9 Å². The Balaban J connectivity index is 1.92. The molecule has 0 aliphatic heterocycles. The molecule has 1 fully saturated rings. The first-order valence-electron chi connectivity index (χ1n) is 7.00. The molecule has 4 heteroatoms. The Labute approximate surface area is 128 Å². The molecule has 0 saturated heterocycles. The van der Waals surface area contributed by atoms with Crippen molar-refractivity contribution in [3.63, 3.8) is 0 Å². The number of hydrogen-bond acceptors (Lipinski definition) is 3. The molecule has 0 atom stereocenters. The van der Waals surface area contributed by atoms with E-state index in [2.05, 4.69) is 44.3 Å². The molecule has 2 aromatic rings. The molecule has 1 N–H and O–H groups in total. The molecule has 1 aliphatic rings. The van der Waals surface area contributed by atoms with E-state index in [1.807, 2.05) is 19.2 Å². The molecule has 0 unspecified atom stereocenters. The van der Waals surface area contributed by atoms with Crippen LogP contribution in [-0.4, -0.2) is 13.1 Å². The van der Waals surface area contributed by atoms with E-state index in [0.29, 0.717) is 6.04 Å². The zero-order valence-electron chi connectivity index (χ0n) is 11.6. The fourth-order valence-corrected chi connectivity index (χ4v) is 2.86. The van der Waals surface area contributed by atoms with E-state index in [4.69, 9.17) is 4.42 Å². The highest BCUT2D eigenvalue weighted by molar-refractivity contribution is 9.10. The molecular weight excluding hydrogens is 316 g/mol. The highest BCUT2D eigenvalue weighted by atomic mass is 79.9. The van der Waals surface area contributed by atoms with E-state index >= 15 is 0 Å². The largest absolute Gasteiger partial charge is 0.467 e. The standard InChI is InChI=1S/C16H19BrN2O/c1-18-10-12-4-5-13(17)9-16(12)19(14-6-7-14)11-15-3-2-8-20-15/h2-5,8-9,14,18H,6-7,10-11H2,1H3. The maximum Gasteiger partial charge on any atom is 0.123 e. The van der Waals surface area contributed by atoms with Gasteiger partial charge in [-0.3, -0.25) is 0 Å². The first-order valence-corrected chi connectivity index (χ1v) is 7.79. The lowest BCUT2D eigenvalue weighted by atomic mass is 10.1. The van der Waals surface area contributed by atoms with Crippen molar-refractivity contribution < 1.29 is 4.42 Å². The summed E-state index contributed by atoms with van der Waals surface area (Å²) in [4.78, 5) is 2.47. The lowest BCUT2D eigenvalue weighted by Crippen LogP contribution is -2.26. The minimum atomic E-state index is 0.644. The summed E-state index contributed by atoms with van der Waals surface area (Å²) in [6.45, 7) is 1.72. The molecule has 1 aromatic carbocycles. The van der Waals surface area contributed by atoms with Crippen molar-refractivity contribution >= 4 is 21.6 Å². The second-order valence-corrected chi connectivity index (χ2v) is 6.16. The van der Waals surface area contributed by atoms with Gasteiger partial charge in [-0.25, -0.2) is 0 Å². The Kier molecular flexibility index (Phi) is 4.13. The number of rotatable bonds is 6. The number of nitrogens with zero attached hydrogens (tertiary/aromatic N) is 1. The summed E-state index contributed by atoms with van der Waals surface area (Å²) in [5.74, 6) is 1.02. The fourth-order valence-electron chi connectivity index (χ4n) is 2.51. The SMILES string of the molecule is CNCc1ccc(Br)cc1N(Cc1ccco1)C1CC1. The van der Waals surface area contributed by atoms with Crippen LogP contribution in [0, 0.1) is 0 Å². The third-order valence-electron chi connectivity index (χ3n) is 3.62. The van der Waals surface area contributed by atoms with Gasteiger partial charge >= 0.3 is 0 Å². The van der Waals surface area contributed by atoms with Gasteiger partial charge in [-0.15, -0.1) is 0 Å². The number of furan rings is 1. The second kappa shape index (κ2) is 6.02. The highest BCUT2D eigenvalue weighted by Crippen LogP contribution is 2.36. The predicted molar refractivity (Wildman–Crippen MR) is 84.8 cm³/mol. The van der Waals surface area contributed by atoms with Crippen molar-refractivity contribution in [2.45, 2.75) is 32.0 Å². The van der Waals surface area contributed by atoms with Crippen molar-refractivity contribution in [2.24, 2.45) is 0 Å². The van der Waals surface area contributed by atoms with Crippen molar-refractivity contribution in [3.05, 3.63) is 52.4 Å². The maximum absolute atomic E-state index is 5.52. The average molecular weight is 335 g/mol. The van der Waals surface area contributed by atoms with Gasteiger partial charge in [0.25, 0.3) is 0 Å². The van der Waals surface area contributed by atoms with Crippen molar-refractivity contribution in [1.82, 2.24) is 5.32 Å². The van der Waals surface area contributed by atoms with Crippen molar-refractivity contribution in [3.8, 4) is 0 Å². The molecule has 20 heavy (non-hydrogen) atoms.